The first kappa shape index (κ1) is 12.7. The molecule has 1 unspecified atom stereocenters. The second-order valence-electron chi connectivity index (χ2n) is 3.89. The second kappa shape index (κ2) is 4.83. The number of nitrogens with zero attached hydrogens (tertiary/aromatic N) is 2. The molecule has 0 aliphatic carbocycles. The summed E-state index contributed by atoms with van der Waals surface area (Å²) in [4.78, 5) is 7.74. The molecule has 2 heterocycles. The van der Waals surface area contributed by atoms with E-state index in [2.05, 4.69) is 9.97 Å². The summed E-state index contributed by atoms with van der Waals surface area (Å²) in [5.74, 6) is 0. The lowest BCUT2D eigenvalue weighted by Crippen LogP contribution is -2.04. The lowest BCUT2D eigenvalue weighted by molar-refractivity contribution is 0.219. The van der Waals surface area contributed by atoms with Crippen molar-refractivity contribution in [2.75, 3.05) is 6.26 Å². The molecule has 0 saturated carbocycles. The summed E-state index contributed by atoms with van der Waals surface area (Å²) in [5, 5.41) is 10.0. The Morgan fingerprint density at radius 3 is 2.39 bits per heavy atom. The minimum absolute atomic E-state index is 0.00960. The molecule has 5 nitrogen and oxygen atoms in total. The summed E-state index contributed by atoms with van der Waals surface area (Å²) in [6, 6.07) is 6.38. The van der Waals surface area contributed by atoms with E-state index in [1.807, 2.05) is 0 Å². The number of hydrogen-bond donors (Lipinski definition) is 1. The third kappa shape index (κ3) is 2.72. The first-order chi connectivity index (χ1) is 8.48. The van der Waals surface area contributed by atoms with E-state index in [9.17, 15) is 13.5 Å². The highest BCUT2D eigenvalue weighted by Gasteiger charge is 2.13. The Labute approximate surface area is 105 Å². The van der Waals surface area contributed by atoms with Crippen molar-refractivity contribution in [1.29, 1.82) is 0 Å². The summed E-state index contributed by atoms with van der Waals surface area (Å²) >= 11 is 0. The van der Waals surface area contributed by atoms with Gasteiger partial charge in [0.2, 0.25) is 0 Å². The Morgan fingerprint density at radius 1 is 1.17 bits per heavy atom. The quantitative estimate of drug-likeness (QED) is 0.893. The molecule has 94 valence electrons. The van der Waals surface area contributed by atoms with Gasteiger partial charge in [-0.2, -0.15) is 0 Å². The minimum Gasteiger partial charge on any atom is -0.384 e. The van der Waals surface area contributed by atoms with Crippen LogP contribution in [0.1, 0.15) is 17.2 Å². The lowest BCUT2D eigenvalue weighted by atomic mass is 10.1. The molecule has 2 rings (SSSR count). The van der Waals surface area contributed by atoms with Gasteiger partial charge in [0.1, 0.15) is 6.10 Å². The van der Waals surface area contributed by atoms with Gasteiger partial charge in [-0.15, -0.1) is 0 Å². The number of aliphatic hydroxyl groups is 1. The third-order valence-corrected chi connectivity index (χ3v) is 3.46. The van der Waals surface area contributed by atoms with Crippen molar-refractivity contribution in [2.24, 2.45) is 0 Å². The molecule has 0 radical (unpaired) electrons. The van der Waals surface area contributed by atoms with E-state index >= 15 is 0 Å². The molecule has 1 N–H and O–H groups in total. The van der Waals surface area contributed by atoms with Gasteiger partial charge in [0, 0.05) is 36.0 Å². The van der Waals surface area contributed by atoms with E-state index in [0.717, 1.165) is 6.26 Å². The van der Waals surface area contributed by atoms with Crippen molar-refractivity contribution in [2.45, 2.75) is 11.1 Å². The van der Waals surface area contributed by atoms with Gasteiger partial charge in [-0.3, -0.25) is 4.98 Å². The summed E-state index contributed by atoms with van der Waals surface area (Å²) < 4.78 is 22.5. The van der Waals surface area contributed by atoms with E-state index < -0.39 is 15.9 Å². The van der Waals surface area contributed by atoms with Gasteiger partial charge in [-0.1, -0.05) is 12.1 Å². The van der Waals surface area contributed by atoms with Crippen LogP contribution in [0.5, 0.6) is 0 Å². The molecule has 2 aromatic rings. The zero-order valence-corrected chi connectivity index (χ0v) is 10.5. The van der Waals surface area contributed by atoms with E-state index in [1.54, 1.807) is 30.6 Å². The van der Waals surface area contributed by atoms with E-state index in [4.69, 9.17) is 0 Å². The van der Waals surface area contributed by atoms with Gasteiger partial charge in [0.15, 0.2) is 14.9 Å². The van der Waals surface area contributed by atoms with Gasteiger partial charge in [0.05, 0.1) is 0 Å². The fourth-order valence-electron chi connectivity index (χ4n) is 1.50. The molecular weight excluding hydrogens is 252 g/mol. The average Bonchev–Trinajstić information content (AvgIpc) is 2.38. The van der Waals surface area contributed by atoms with Crippen LogP contribution in [-0.2, 0) is 9.84 Å². The normalized spacial score (nSPS) is 13.2. The molecule has 2 aromatic heterocycles. The molecule has 6 heteroatoms. The van der Waals surface area contributed by atoms with Crippen LogP contribution in [0.25, 0.3) is 0 Å². The Hall–Kier alpha value is -1.79. The van der Waals surface area contributed by atoms with Gasteiger partial charge in [-0.05, 0) is 12.1 Å². The highest BCUT2D eigenvalue weighted by molar-refractivity contribution is 7.90. The van der Waals surface area contributed by atoms with Crippen molar-refractivity contribution in [3.63, 3.8) is 0 Å². The van der Waals surface area contributed by atoms with Gasteiger partial charge in [0.25, 0.3) is 0 Å². The van der Waals surface area contributed by atoms with Crippen LogP contribution in [0.15, 0.2) is 47.9 Å². The Bertz CT molecular complexity index is 624. The lowest BCUT2D eigenvalue weighted by Gasteiger charge is -2.10. The summed E-state index contributed by atoms with van der Waals surface area (Å²) in [6.45, 7) is 0. The number of aliphatic hydroxyl groups excluding tert-OH is 1. The molecule has 0 bridgehead atoms. The maximum Gasteiger partial charge on any atom is 0.192 e. The predicted octanol–water partition coefficient (Wildman–Crippen LogP) is 0.962. The fourth-order valence-corrected chi connectivity index (χ4v) is 2.06. The van der Waals surface area contributed by atoms with Gasteiger partial charge >= 0.3 is 0 Å². The predicted molar refractivity (Wildman–Crippen MR) is 65.6 cm³/mol. The molecule has 18 heavy (non-hydrogen) atoms. The number of hydrogen-bond acceptors (Lipinski definition) is 5. The highest BCUT2D eigenvalue weighted by atomic mass is 32.2. The Balaban J connectivity index is 2.31. The van der Waals surface area contributed by atoms with E-state index in [0.29, 0.717) is 11.1 Å². The number of pyridine rings is 2. The van der Waals surface area contributed by atoms with E-state index in [-0.39, 0.29) is 5.03 Å². The zero-order chi connectivity index (χ0) is 13.2. The fraction of sp³-hybridized carbons (Fsp3) is 0.167. The summed E-state index contributed by atoms with van der Waals surface area (Å²) in [5.41, 5.74) is 1.15. The van der Waals surface area contributed by atoms with Crippen molar-refractivity contribution in [3.05, 3.63) is 54.0 Å². The van der Waals surface area contributed by atoms with Crippen LogP contribution in [0.3, 0.4) is 0 Å². The van der Waals surface area contributed by atoms with Gasteiger partial charge < -0.3 is 5.11 Å². The molecule has 0 aliphatic rings. The minimum atomic E-state index is -3.32. The summed E-state index contributed by atoms with van der Waals surface area (Å²) in [6.07, 6.45) is 4.75. The monoisotopic (exact) mass is 264 g/mol. The van der Waals surface area contributed by atoms with Crippen LogP contribution >= 0.6 is 0 Å². The average molecular weight is 264 g/mol. The number of sulfone groups is 1. The molecular formula is C12H12N2O3S. The maximum absolute atomic E-state index is 11.2. The standard InChI is InChI=1S/C12H12N2O3S/c1-18(16,17)11-5-4-10(8-14-11)12(15)9-3-2-6-13-7-9/h2-8,12,15H,1H3. The maximum atomic E-state index is 11.2. The largest absolute Gasteiger partial charge is 0.384 e. The summed E-state index contributed by atoms with van der Waals surface area (Å²) in [7, 11) is -3.32. The number of rotatable bonds is 3. The topological polar surface area (TPSA) is 80.2 Å². The molecule has 0 saturated heterocycles. The molecule has 0 aliphatic heterocycles. The first-order valence-corrected chi connectivity index (χ1v) is 7.11. The molecule has 0 fully saturated rings. The smallest absolute Gasteiger partial charge is 0.192 e. The highest BCUT2D eigenvalue weighted by Crippen LogP contribution is 2.20. The van der Waals surface area contributed by atoms with Crippen LogP contribution in [0.4, 0.5) is 0 Å². The third-order valence-electron chi connectivity index (χ3n) is 2.46. The molecule has 0 spiro atoms. The zero-order valence-electron chi connectivity index (χ0n) is 9.69. The first-order valence-electron chi connectivity index (χ1n) is 5.22. The van der Waals surface area contributed by atoms with Crippen molar-refractivity contribution in [3.8, 4) is 0 Å². The SMILES string of the molecule is CS(=O)(=O)c1ccc(C(O)c2cccnc2)cn1. The van der Waals surface area contributed by atoms with Gasteiger partial charge in [-0.25, -0.2) is 13.4 Å². The van der Waals surface area contributed by atoms with Crippen LogP contribution in [-0.4, -0.2) is 29.7 Å². The molecule has 1 atom stereocenters. The Kier molecular flexibility index (Phi) is 3.40. The van der Waals surface area contributed by atoms with Crippen LogP contribution in [0, 0.1) is 0 Å². The molecule has 0 amide bonds. The van der Waals surface area contributed by atoms with Crippen molar-refractivity contribution < 1.29 is 13.5 Å². The van der Waals surface area contributed by atoms with Crippen molar-refractivity contribution in [1.82, 2.24) is 9.97 Å². The van der Waals surface area contributed by atoms with E-state index in [1.165, 1.54) is 12.3 Å². The second-order valence-corrected chi connectivity index (χ2v) is 5.85. The van der Waals surface area contributed by atoms with Crippen molar-refractivity contribution >= 4 is 9.84 Å². The van der Waals surface area contributed by atoms with Crippen LogP contribution in [0.2, 0.25) is 0 Å². The Morgan fingerprint density at radius 2 is 1.89 bits per heavy atom. The molecule has 0 aromatic carbocycles. The van der Waals surface area contributed by atoms with Crippen LogP contribution < -0.4 is 0 Å². The number of aromatic nitrogens is 2.